The average molecular weight is 506 g/mol. The molecule has 0 bridgehead atoms. The Hall–Kier alpha value is -3.45. The van der Waals surface area contributed by atoms with E-state index in [0.29, 0.717) is 16.8 Å². The van der Waals surface area contributed by atoms with E-state index in [1.807, 2.05) is 30.3 Å². The fraction of sp³-hybridized carbons (Fsp3) is 0.375. The molecule has 0 spiro atoms. The Morgan fingerprint density at radius 3 is 2.69 bits per heavy atom. The quantitative estimate of drug-likeness (QED) is 0.329. The van der Waals surface area contributed by atoms with E-state index in [1.54, 1.807) is 6.20 Å². The lowest BCUT2D eigenvalue weighted by Crippen LogP contribution is -2.39. The van der Waals surface area contributed by atoms with E-state index in [9.17, 15) is 5.11 Å². The molecule has 4 aromatic rings. The maximum atomic E-state index is 9.66. The van der Waals surface area contributed by atoms with E-state index in [2.05, 4.69) is 48.1 Å². The first-order valence-corrected chi connectivity index (χ1v) is 12.8. The zero-order chi connectivity index (χ0) is 24.3. The number of para-hydroxylation sites is 1. The fourth-order valence-electron chi connectivity index (χ4n) is 4.28. The first kappa shape index (κ1) is 23.0. The van der Waals surface area contributed by atoms with Crippen LogP contribution in [0.3, 0.4) is 0 Å². The lowest BCUT2D eigenvalue weighted by atomic mass is 9.89. The van der Waals surface area contributed by atoms with E-state index in [4.69, 9.17) is 9.72 Å². The van der Waals surface area contributed by atoms with Crippen LogP contribution in [0.5, 0.6) is 0 Å². The van der Waals surface area contributed by atoms with Crippen molar-refractivity contribution in [3.05, 3.63) is 54.2 Å². The molecule has 1 aliphatic heterocycles. The Kier molecular flexibility index (Phi) is 6.55. The largest absolute Gasteiger partial charge is 0.393 e. The number of benzene rings is 1. The number of aliphatic hydroxyl groups is 1. The van der Waals surface area contributed by atoms with E-state index in [1.165, 1.54) is 16.1 Å². The topological polar surface area (TPSA) is 126 Å². The Morgan fingerprint density at radius 1 is 1.08 bits per heavy atom. The van der Waals surface area contributed by atoms with Crippen molar-refractivity contribution in [1.82, 2.24) is 35.1 Å². The van der Waals surface area contributed by atoms with Crippen LogP contribution in [0.15, 0.2) is 48.7 Å². The van der Waals surface area contributed by atoms with E-state index < -0.39 is 0 Å². The number of hydrogen-bond donors (Lipinski definition) is 3. The number of nitrogens with zero attached hydrogens (tertiary/aromatic N) is 7. The van der Waals surface area contributed by atoms with Crippen LogP contribution in [0, 0.1) is 0 Å². The van der Waals surface area contributed by atoms with Gasteiger partial charge >= 0.3 is 0 Å². The number of thiazole rings is 1. The van der Waals surface area contributed by atoms with E-state index in [-0.39, 0.29) is 12.1 Å². The minimum absolute atomic E-state index is 0.223. The zero-order valence-corrected chi connectivity index (χ0v) is 20.4. The predicted octanol–water partition coefficient (Wildman–Crippen LogP) is 2.69. The number of ether oxygens (including phenoxy) is 1. The zero-order valence-electron chi connectivity index (χ0n) is 19.6. The molecule has 1 saturated heterocycles. The Morgan fingerprint density at radius 2 is 1.89 bits per heavy atom. The summed E-state index contributed by atoms with van der Waals surface area (Å²) in [4.78, 5) is 14.0. The smallest absolute Gasteiger partial charge is 0.216 e. The summed E-state index contributed by atoms with van der Waals surface area (Å²) in [5.41, 5.74) is 2.00. The Balaban J connectivity index is 1.19. The first-order valence-electron chi connectivity index (χ1n) is 12.0. The van der Waals surface area contributed by atoms with Crippen LogP contribution in [0.25, 0.3) is 16.4 Å². The normalized spacial score (nSPS) is 20.1. The molecule has 1 saturated carbocycles. The number of morpholine rings is 1. The average Bonchev–Trinajstić information content (AvgIpc) is 3.54. The van der Waals surface area contributed by atoms with Gasteiger partial charge in [-0.05, 0) is 47.9 Å². The van der Waals surface area contributed by atoms with Gasteiger partial charge in [0.1, 0.15) is 11.6 Å². The number of aromatic nitrogens is 6. The highest BCUT2D eigenvalue weighted by atomic mass is 32.1. The third-order valence-electron chi connectivity index (χ3n) is 6.22. The summed E-state index contributed by atoms with van der Waals surface area (Å²) in [6.45, 7) is 4.15. The van der Waals surface area contributed by atoms with Crippen molar-refractivity contribution in [3.8, 4) is 16.4 Å². The number of nitrogens with one attached hydrogen (secondary N) is 2. The van der Waals surface area contributed by atoms with Crippen molar-refractivity contribution in [1.29, 1.82) is 0 Å². The van der Waals surface area contributed by atoms with Crippen LogP contribution >= 0.6 is 11.3 Å². The maximum Gasteiger partial charge on any atom is 0.216 e. The van der Waals surface area contributed by atoms with Gasteiger partial charge in [0, 0.05) is 25.7 Å². The molecule has 0 amide bonds. The molecule has 1 aliphatic carbocycles. The summed E-state index contributed by atoms with van der Waals surface area (Å²) in [6.07, 6.45) is 3.00. The summed E-state index contributed by atoms with van der Waals surface area (Å²) in [5, 5.41) is 30.0. The molecule has 36 heavy (non-hydrogen) atoms. The van der Waals surface area contributed by atoms with Gasteiger partial charge in [-0.25, -0.2) is 9.97 Å². The third kappa shape index (κ3) is 5.36. The van der Waals surface area contributed by atoms with Gasteiger partial charge in [-0.2, -0.15) is 0 Å². The van der Waals surface area contributed by atoms with Crippen LogP contribution in [0.2, 0.25) is 0 Å². The van der Waals surface area contributed by atoms with Crippen LogP contribution in [0.1, 0.15) is 18.4 Å². The first-order chi connectivity index (χ1) is 17.7. The van der Waals surface area contributed by atoms with Crippen molar-refractivity contribution in [2.24, 2.45) is 0 Å². The van der Waals surface area contributed by atoms with Gasteiger partial charge in [0.15, 0.2) is 5.13 Å². The molecule has 0 atom stereocenters. The van der Waals surface area contributed by atoms with Crippen LogP contribution in [0.4, 0.5) is 16.8 Å². The highest BCUT2D eigenvalue weighted by molar-refractivity contribution is 7.18. The SMILES string of the molecule is OC1CC(Nc2cc(CN3CCOCC3)cc(Nc3ncc(-c4nnn(-c5ccccc5)n4)s3)n2)C1. The summed E-state index contributed by atoms with van der Waals surface area (Å²) in [5.74, 6) is 2.03. The highest BCUT2D eigenvalue weighted by Crippen LogP contribution is 2.30. The molecule has 186 valence electrons. The molecule has 6 rings (SSSR count). The molecule has 11 nitrogen and oxygen atoms in total. The summed E-state index contributed by atoms with van der Waals surface area (Å²) < 4.78 is 5.49. The molecular formula is C24H27N9O2S. The van der Waals surface area contributed by atoms with Gasteiger partial charge in [-0.15, -0.1) is 15.0 Å². The predicted molar refractivity (Wildman–Crippen MR) is 137 cm³/mol. The lowest BCUT2D eigenvalue weighted by molar-refractivity contribution is 0.0342. The van der Waals surface area contributed by atoms with Gasteiger partial charge < -0.3 is 20.5 Å². The van der Waals surface area contributed by atoms with Crippen LogP contribution < -0.4 is 10.6 Å². The Labute approximate surface area is 212 Å². The van der Waals surface area contributed by atoms with Crippen LogP contribution in [-0.2, 0) is 11.3 Å². The highest BCUT2D eigenvalue weighted by Gasteiger charge is 2.27. The van der Waals surface area contributed by atoms with Crippen LogP contribution in [-0.4, -0.2) is 78.6 Å². The second kappa shape index (κ2) is 10.3. The third-order valence-corrected chi connectivity index (χ3v) is 7.13. The lowest BCUT2D eigenvalue weighted by Gasteiger charge is -2.32. The molecule has 2 fully saturated rings. The van der Waals surface area contributed by atoms with Gasteiger partial charge in [0.2, 0.25) is 5.82 Å². The van der Waals surface area contributed by atoms with Gasteiger partial charge in [0.05, 0.1) is 36.1 Å². The summed E-state index contributed by atoms with van der Waals surface area (Å²) in [7, 11) is 0. The molecular weight excluding hydrogens is 478 g/mol. The standard InChI is InChI=1S/C24H27N9O2S/c34-19-12-17(13-19)26-21-10-16(15-32-6-8-35-9-7-32)11-22(27-21)28-24-25-14-20(36-24)23-29-31-33(30-23)18-4-2-1-3-5-18/h1-5,10-11,14,17,19,34H,6-9,12-13,15H2,(H2,25,26,27,28). The molecule has 0 unspecified atom stereocenters. The maximum absolute atomic E-state index is 9.66. The second-order valence-corrected chi connectivity index (χ2v) is 10.0. The summed E-state index contributed by atoms with van der Waals surface area (Å²) >= 11 is 1.45. The van der Waals surface area contributed by atoms with Crippen molar-refractivity contribution < 1.29 is 9.84 Å². The van der Waals surface area contributed by atoms with Crippen molar-refractivity contribution in [3.63, 3.8) is 0 Å². The van der Waals surface area contributed by atoms with E-state index >= 15 is 0 Å². The van der Waals surface area contributed by atoms with Crippen molar-refractivity contribution >= 4 is 28.1 Å². The van der Waals surface area contributed by atoms with Gasteiger partial charge in [-0.1, -0.05) is 29.5 Å². The van der Waals surface area contributed by atoms with E-state index in [0.717, 1.165) is 67.6 Å². The minimum Gasteiger partial charge on any atom is -0.393 e. The number of pyridine rings is 1. The van der Waals surface area contributed by atoms with Gasteiger partial charge in [-0.3, -0.25) is 4.90 Å². The second-order valence-electron chi connectivity index (χ2n) is 8.99. The molecule has 4 heterocycles. The number of aliphatic hydroxyl groups excluding tert-OH is 1. The molecule has 3 aromatic heterocycles. The number of rotatable bonds is 8. The minimum atomic E-state index is -0.223. The molecule has 2 aliphatic rings. The van der Waals surface area contributed by atoms with Gasteiger partial charge in [0.25, 0.3) is 0 Å². The molecule has 12 heteroatoms. The molecule has 0 radical (unpaired) electrons. The number of anilines is 3. The Bertz CT molecular complexity index is 1300. The van der Waals surface area contributed by atoms with Crippen molar-refractivity contribution in [2.45, 2.75) is 31.5 Å². The number of hydrogen-bond acceptors (Lipinski definition) is 11. The number of tetrazole rings is 1. The monoisotopic (exact) mass is 505 g/mol. The molecule has 1 aromatic carbocycles. The van der Waals surface area contributed by atoms with Crippen molar-refractivity contribution in [2.75, 3.05) is 36.9 Å². The summed E-state index contributed by atoms with van der Waals surface area (Å²) in [6, 6.07) is 14.1. The molecule has 3 N–H and O–H groups in total. The fourth-order valence-corrected chi connectivity index (χ4v) is 5.02.